The van der Waals surface area contributed by atoms with Crippen molar-refractivity contribution in [2.75, 3.05) is 30.8 Å². The Labute approximate surface area is 127 Å². The molecule has 1 N–H and O–H groups in total. The maximum Gasteiger partial charge on any atom is 0.321 e. The average Bonchev–Trinajstić information content (AvgIpc) is 2.88. The van der Waals surface area contributed by atoms with Crippen molar-refractivity contribution < 1.29 is 9.53 Å². The molecule has 0 aliphatic carbocycles. The highest BCUT2D eigenvalue weighted by molar-refractivity contribution is 8.00. The number of ether oxygens (including phenoxy) is 1. The topological polar surface area (TPSA) is 41.6 Å². The van der Waals surface area contributed by atoms with Gasteiger partial charge in [0.05, 0.1) is 6.61 Å². The van der Waals surface area contributed by atoms with Crippen LogP contribution in [0.5, 0.6) is 0 Å². The van der Waals surface area contributed by atoms with Gasteiger partial charge in [0, 0.05) is 42.4 Å². The lowest BCUT2D eigenvalue weighted by atomic mass is 10.1. The van der Waals surface area contributed by atoms with Crippen molar-refractivity contribution in [1.29, 1.82) is 0 Å². The summed E-state index contributed by atoms with van der Waals surface area (Å²) in [5, 5.41) is 3.51. The maximum absolute atomic E-state index is 12.2. The molecule has 1 aromatic carbocycles. The number of carbonyl (C=O) groups is 1. The van der Waals surface area contributed by atoms with Crippen LogP contribution in [-0.2, 0) is 4.74 Å². The minimum absolute atomic E-state index is 0.0349. The monoisotopic (exact) mass is 312 g/mol. The summed E-state index contributed by atoms with van der Waals surface area (Å²) in [5.41, 5.74) is 0.731. The molecule has 0 bridgehead atoms. The third-order valence-corrected chi connectivity index (χ3v) is 5.36. The van der Waals surface area contributed by atoms with E-state index in [1.807, 2.05) is 28.8 Å². The smallest absolute Gasteiger partial charge is 0.321 e. The van der Waals surface area contributed by atoms with E-state index in [0.717, 1.165) is 44.0 Å². The van der Waals surface area contributed by atoms with Crippen LogP contribution in [-0.4, -0.2) is 41.3 Å². The molecular weight excluding hydrogens is 296 g/mol. The normalized spacial score (nSPS) is 21.1. The Morgan fingerprint density at radius 3 is 2.85 bits per heavy atom. The van der Waals surface area contributed by atoms with Crippen molar-refractivity contribution in [3.63, 3.8) is 0 Å². The van der Waals surface area contributed by atoms with Gasteiger partial charge in [0.1, 0.15) is 4.93 Å². The summed E-state index contributed by atoms with van der Waals surface area (Å²) in [7, 11) is 0. The largest absolute Gasteiger partial charge is 0.363 e. The minimum Gasteiger partial charge on any atom is -0.363 e. The second-order valence-corrected chi connectivity index (χ2v) is 6.91. The lowest BCUT2D eigenvalue weighted by Crippen LogP contribution is -2.46. The molecule has 2 aliphatic heterocycles. The van der Waals surface area contributed by atoms with Crippen LogP contribution in [0.3, 0.4) is 0 Å². The van der Waals surface area contributed by atoms with Gasteiger partial charge in [-0.1, -0.05) is 17.7 Å². The van der Waals surface area contributed by atoms with Crippen LogP contribution in [0.25, 0.3) is 0 Å². The van der Waals surface area contributed by atoms with Crippen molar-refractivity contribution in [2.24, 2.45) is 0 Å². The molecule has 0 saturated carbocycles. The molecule has 2 heterocycles. The number of carbonyl (C=O) groups excluding carboxylic acids is 1. The summed E-state index contributed by atoms with van der Waals surface area (Å²) in [4.78, 5) is 14.0. The third kappa shape index (κ3) is 3.05. The number of thioether (sulfide) groups is 1. The number of benzene rings is 1. The molecule has 2 fully saturated rings. The lowest BCUT2D eigenvalue weighted by Gasteiger charge is -2.37. The molecular formula is C14H17ClN2O2S. The molecule has 3 rings (SSSR count). The van der Waals surface area contributed by atoms with Crippen LogP contribution in [0.2, 0.25) is 5.02 Å². The van der Waals surface area contributed by atoms with Crippen molar-refractivity contribution in [3.05, 3.63) is 29.3 Å². The molecule has 2 saturated heterocycles. The molecule has 0 atom stereocenters. The van der Waals surface area contributed by atoms with E-state index in [4.69, 9.17) is 16.3 Å². The predicted molar refractivity (Wildman–Crippen MR) is 82.4 cm³/mol. The summed E-state index contributed by atoms with van der Waals surface area (Å²) in [5.74, 6) is 1.06. The highest BCUT2D eigenvalue weighted by Crippen LogP contribution is 2.41. The summed E-state index contributed by atoms with van der Waals surface area (Å²) >= 11 is 7.80. The number of piperidine rings is 1. The third-order valence-electron chi connectivity index (χ3n) is 3.70. The number of nitrogens with one attached hydrogen (secondary N) is 1. The Morgan fingerprint density at radius 1 is 1.40 bits per heavy atom. The molecule has 1 spiro atoms. The number of hydrogen-bond donors (Lipinski definition) is 1. The zero-order valence-electron chi connectivity index (χ0n) is 11.1. The number of nitrogens with zero attached hydrogens (tertiary/aromatic N) is 1. The lowest BCUT2D eigenvalue weighted by molar-refractivity contribution is 0.0105. The van der Waals surface area contributed by atoms with Crippen molar-refractivity contribution >= 4 is 35.1 Å². The first-order chi connectivity index (χ1) is 9.67. The Morgan fingerprint density at radius 2 is 2.20 bits per heavy atom. The Bertz CT molecular complexity index is 496. The Hall–Kier alpha value is -0.910. The first-order valence-electron chi connectivity index (χ1n) is 6.76. The number of anilines is 1. The number of halogens is 1. The van der Waals surface area contributed by atoms with Gasteiger partial charge in [0.2, 0.25) is 0 Å². The van der Waals surface area contributed by atoms with Crippen LogP contribution in [0.15, 0.2) is 24.3 Å². The predicted octanol–water partition coefficient (Wildman–Crippen LogP) is 3.43. The average molecular weight is 313 g/mol. The molecule has 108 valence electrons. The molecule has 2 amide bonds. The number of hydrogen-bond acceptors (Lipinski definition) is 3. The van der Waals surface area contributed by atoms with Gasteiger partial charge in [-0.25, -0.2) is 4.79 Å². The standard InChI is InChI=1S/C14H17ClN2O2S/c15-11-2-1-3-12(10-11)16-13(18)17-6-4-14(5-7-17)19-8-9-20-14/h1-3,10H,4-9H2,(H,16,18). The second-order valence-electron chi connectivity index (χ2n) is 5.04. The van der Waals surface area contributed by atoms with Crippen molar-refractivity contribution in [1.82, 2.24) is 4.90 Å². The quantitative estimate of drug-likeness (QED) is 0.864. The van der Waals surface area contributed by atoms with E-state index >= 15 is 0 Å². The highest BCUT2D eigenvalue weighted by atomic mass is 35.5. The fraction of sp³-hybridized carbons (Fsp3) is 0.500. The van der Waals surface area contributed by atoms with Gasteiger partial charge >= 0.3 is 6.03 Å². The molecule has 20 heavy (non-hydrogen) atoms. The van der Waals surface area contributed by atoms with E-state index in [0.29, 0.717) is 5.02 Å². The number of likely N-dealkylation sites (tertiary alicyclic amines) is 1. The fourth-order valence-electron chi connectivity index (χ4n) is 2.60. The van der Waals surface area contributed by atoms with Gasteiger partial charge in [-0.15, -0.1) is 11.8 Å². The molecule has 0 unspecified atom stereocenters. The molecule has 6 heteroatoms. The van der Waals surface area contributed by atoms with E-state index in [9.17, 15) is 4.79 Å². The van der Waals surface area contributed by atoms with Gasteiger partial charge in [-0.2, -0.15) is 0 Å². The first-order valence-corrected chi connectivity index (χ1v) is 8.13. The van der Waals surface area contributed by atoms with E-state index in [2.05, 4.69) is 5.32 Å². The Balaban J connectivity index is 1.56. The Kier molecular flexibility index (Phi) is 4.10. The van der Waals surface area contributed by atoms with Crippen LogP contribution < -0.4 is 5.32 Å². The summed E-state index contributed by atoms with van der Waals surface area (Å²) < 4.78 is 5.83. The molecule has 1 aromatic rings. The SMILES string of the molecule is O=C(Nc1cccc(Cl)c1)N1CCC2(CC1)OCCS2. The van der Waals surface area contributed by atoms with E-state index in [-0.39, 0.29) is 11.0 Å². The van der Waals surface area contributed by atoms with E-state index < -0.39 is 0 Å². The van der Waals surface area contributed by atoms with E-state index in [1.54, 1.807) is 12.1 Å². The second kappa shape index (κ2) is 5.84. The van der Waals surface area contributed by atoms with Gasteiger partial charge in [0.25, 0.3) is 0 Å². The molecule has 2 aliphatic rings. The number of rotatable bonds is 1. The van der Waals surface area contributed by atoms with Gasteiger partial charge < -0.3 is 15.0 Å². The minimum atomic E-state index is -0.0647. The van der Waals surface area contributed by atoms with Crippen LogP contribution in [0.4, 0.5) is 10.5 Å². The summed E-state index contributed by atoms with van der Waals surface area (Å²) in [6.45, 7) is 2.30. The van der Waals surface area contributed by atoms with Crippen LogP contribution in [0.1, 0.15) is 12.8 Å². The molecule has 0 radical (unpaired) electrons. The first kappa shape index (κ1) is 14.0. The number of amides is 2. The van der Waals surface area contributed by atoms with Gasteiger partial charge in [0.15, 0.2) is 0 Å². The highest BCUT2D eigenvalue weighted by Gasteiger charge is 2.40. The molecule has 0 aromatic heterocycles. The zero-order valence-corrected chi connectivity index (χ0v) is 12.7. The van der Waals surface area contributed by atoms with Crippen LogP contribution >= 0.6 is 23.4 Å². The molecule has 4 nitrogen and oxygen atoms in total. The summed E-state index contributed by atoms with van der Waals surface area (Å²) in [6.07, 6.45) is 1.81. The van der Waals surface area contributed by atoms with Gasteiger partial charge in [-0.05, 0) is 18.2 Å². The summed E-state index contributed by atoms with van der Waals surface area (Å²) in [6, 6.07) is 7.14. The van der Waals surface area contributed by atoms with Gasteiger partial charge in [-0.3, -0.25) is 0 Å². The zero-order chi connectivity index (χ0) is 14.0. The van der Waals surface area contributed by atoms with Crippen molar-refractivity contribution in [2.45, 2.75) is 17.8 Å². The number of urea groups is 1. The fourth-order valence-corrected chi connectivity index (χ4v) is 3.97. The van der Waals surface area contributed by atoms with E-state index in [1.165, 1.54) is 0 Å². The van der Waals surface area contributed by atoms with Crippen LogP contribution in [0, 0.1) is 0 Å². The maximum atomic E-state index is 12.2. The van der Waals surface area contributed by atoms with Crippen molar-refractivity contribution in [3.8, 4) is 0 Å².